The summed E-state index contributed by atoms with van der Waals surface area (Å²) in [6, 6.07) is 11.7. The molecule has 1 aromatic carbocycles. The van der Waals surface area contributed by atoms with E-state index in [1.54, 1.807) is 0 Å². The molecule has 1 fully saturated rings. The topological polar surface area (TPSA) is 85.0 Å². The number of fused-ring (bicyclic) bond motifs is 1. The Morgan fingerprint density at radius 3 is 2.93 bits per heavy atom. The standard InChI is InChI=1S/C22H25N5O2/c28-20-12-15(14-26-10-8-23-21(26)16-5-2-1-3-6-16)11-18(20)24-22(29)19-13-17-7-4-9-27(17)25-19/h1-3,5-6,8,10,13,15,18,20,28H,4,7,9,11-12,14H2,(H,24,29)/t15?,18-,20-/m1/s1. The van der Waals surface area contributed by atoms with Gasteiger partial charge in [0.25, 0.3) is 5.91 Å². The summed E-state index contributed by atoms with van der Waals surface area (Å²) >= 11 is 0. The van der Waals surface area contributed by atoms with Crippen LogP contribution in [0.4, 0.5) is 0 Å². The zero-order chi connectivity index (χ0) is 19.8. The van der Waals surface area contributed by atoms with Crippen LogP contribution >= 0.6 is 0 Å². The number of aliphatic hydroxyl groups excluding tert-OH is 1. The molecular weight excluding hydrogens is 366 g/mol. The van der Waals surface area contributed by atoms with E-state index in [2.05, 4.69) is 20.0 Å². The Hall–Kier alpha value is -2.93. The molecule has 0 bridgehead atoms. The molecule has 3 aromatic rings. The third-order valence-corrected chi connectivity index (χ3v) is 6.04. The lowest BCUT2D eigenvalue weighted by Crippen LogP contribution is -2.40. The summed E-state index contributed by atoms with van der Waals surface area (Å²) in [6.45, 7) is 1.65. The molecule has 1 saturated carbocycles. The van der Waals surface area contributed by atoms with Crippen molar-refractivity contribution in [3.8, 4) is 11.4 Å². The van der Waals surface area contributed by atoms with Crippen LogP contribution in [0.2, 0.25) is 0 Å². The molecule has 5 rings (SSSR count). The van der Waals surface area contributed by atoms with Crippen molar-refractivity contribution in [2.24, 2.45) is 5.92 Å². The van der Waals surface area contributed by atoms with Gasteiger partial charge in [0.15, 0.2) is 0 Å². The maximum absolute atomic E-state index is 12.6. The summed E-state index contributed by atoms with van der Waals surface area (Å²) in [4.78, 5) is 17.1. The van der Waals surface area contributed by atoms with E-state index in [-0.39, 0.29) is 17.9 Å². The molecule has 150 valence electrons. The molecule has 3 atom stereocenters. The van der Waals surface area contributed by atoms with Crippen LogP contribution in [0.25, 0.3) is 11.4 Å². The minimum Gasteiger partial charge on any atom is -0.391 e. The van der Waals surface area contributed by atoms with Gasteiger partial charge in [-0.2, -0.15) is 5.10 Å². The van der Waals surface area contributed by atoms with Gasteiger partial charge in [-0.3, -0.25) is 9.48 Å². The largest absolute Gasteiger partial charge is 0.391 e. The Morgan fingerprint density at radius 2 is 2.10 bits per heavy atom. The Bertz CT molecular complexity index is 988. The minimum atomic E-state index is -0.540. The molecule has 1 amide bonds. The van der Waals surface area contributed by atoms with Crippen molar-refractivity contribution in [2.45, 2.75) is 50.9 Å². The minimum absolute atomic E-state index is 0.191. The van der Waals surface area contributed by atoms with Gasteiger partial charge in [0.1, 0.15) is 11.5 Å². The second kappa shape index (κ2) is 7.48. The van der Waals surface area contributed by atoms with Gasteiger partial charge < -0.3 is 15.0 Å². The van der Waals surface area contributed by atoms with Crippen molar-refractivity contribution >= 4 is 5.91 Å². The first kappa shape index (κ1) is 18.1. The molecule has 1 unspecified atom stereocenters. The smallest absolute Gasteiger partial charge is 0.272 e. The van der Waals surface area contributed by atoms with Crippen LogP contribution in [0.5, 0.6) is 0 Å². The molecule has 0 radical (unpaired) electrons. The van der Waals surface area contributed by atoms with Crippen LogP contribution in [0.15, 0.2) is 48.8 Å². The van der Waals surface area contributed by atoms with Crippen molar-refractivity contribution in [1.29, 1.82) is 0 Å². The van der Waals surface area contributed by atoms with Gasteiger partial charge in [0.05, 0.1) is 12.1 Å². The van der Waals surface area contributed by atoms with Crippen molar-refractivity contribution in [3.05, 3.63) is 60.2 Å². The number of aliphatic hydroxyl groups is 1. The number of aromatic nitrogens is 4. The maximum atomic E-state index is 12.6. The van der Waals surface area contributed by atoms with Gasteiger partial charge in [-0.05, 0) is 37.7 Å². The van der Waals surface area contributed by atoms with E-state index in [4.69, 9.17) is 0 Å². The summed E-state index contributed by atoms with van der Waals surface area (Å²) in [6.07, 6.45) is 6.72. The lowest BCUT2D eigenvalue weighted by atomic mass is 10.1. The maximum Gasteiger partial charge on any atom is 0.272 e. The van der Waals surface area contributed by atoms with Gasteiger partial charge in [-0.1, -0.05) is 30.3 Å². The van der Waals surface area contributed by atoms with Gasteiger partial charge >= 0.3 is 0 Å². The number of hydrogen-bond donors (Lipinski definition) is 2. The van der Waals surface area contributed by atoms with E-state index in [9.17, 15) is 9.90 Å². The number of amides is 1. The van der Waals surface area contributed by atoms with Crippen LogP contribution in [0.3, 0.4) is 0 Å². The molecule has 0 spiro atoms. The van der Waals surface area contributed by atoms with Crippen LogP contribution in [-0.4, -0.2) is 42.5 Å². The third-order valence-electron chi connectivity index (χ3n) is 6.04. The zero-order valence-electron chi connectivity index (χ0n) is 16.2. The van der Waals surface area contributed by atoms with Gasteiger partial charge in [-0.15, -0.1) is 0 Å². The number of rotatable bonds is 5. The number of nitrogens with one attached hydrogen (secondary N) is 1. The molecule has 29 heavy (non-hydrogen) atoms. The quantitative estimate of drug-likeness (QED) is 0.699. The number of nitrogens with zero attached hydrogens (tertiary/aromatic N) is 4. The average molecular weight is 391 g/mol. The lowest BCUT2D eigenvalue weighted by Gasteiger charge is -2.16. The van der Waals surface area contributed by atoms with E-state index in [1.807, 2.05) is 53.5 Å². The highest BCUT2D eigenvalue weighted by atomic mass is 16.3. The second-order valence-corrected chi connectivity index (χ2v) is 8.10. The van der Waals surface area contributed by atoms with E-state index in [0.29, 0.717) is 12.1 Å². The fourth-order valence-corrected chi connectivity index (χ4v) is 4.62. The number of carbonyl (C=O) groups excluding carboxylic acids is 1. The summed E-state index contributed by atoms with van der Waals surface area (Å²) in [7, 11) is 0. The second-order valence-electron chi connectivity index (χ2n) is 8.10. The fourth-order valence-electron chi connectivity index (χ4n) is 4.62. The van der Waals surface area contributed by atoms with Crippen LogP contribution in [0.1, 0.15) is 35.4 Å². The van der Waals surface area contributed by atoms with Gasteiger partial charge in [0.2, 0.25) is 0 Å². The summed E-state index contributed by atoms with van der Waals surface area (Å²) in [5.74, 6) is 1.02. The highest BCUT2D eigenvalue weighted by Gasteiger charge is 2.35. The number of carbonyl (C=O) groups is 1. The molecule has 1 aliphatic heterocycles. The van der Waals surface area contributed by atoms with Crippen LogP contribution < -0.4 is 5.32 Å². The monoisotopic (exact) mass is 391 g/mol. The van der Waals surface area contributed by atoms with Gasteiger partial charge in [0, 0.05) is 36.7 Å². The van der Waals surface area contributed by atoms with Gasteiger partial charge in [-0.25, -0.2) is 4.98 Å². The SMILES string of the molecule is O=C(N[C@@H]1CC(Cn2ccnc2-c2ccccc2)C[C@H]1O)c1cc2n(n1)CCC2. The highest BCUT2D eigenvalue weighted by molar-refractivity contribution is 5.92. The van der Waals surface area contributed by atoms with E-state index in [0.717, 1.165) is 49.4 Å². The van der Waals surface area contributed by atoms with Crippen LogP contribution in [0, 0.1) is 5.92 Å². The Morgan fingerprint density at radius 1 is 1.24 bits per heavy atom. The zero-order valence-corrected chi connectivity index (χ0v) is 16.2. The number of imidazole rings is 1. The summed E-state index contributed by atoms with van der Waals surface area (Å²) in [5.41, 5.74) is 2.65. The van der Waals surface area contributed by atoms with E-state index in [1.165, 1.54) is 0 Å². The molecule has 2 aromatic heterocycles. The Kier molecular flexibility index (Phi) is 4.67. The van der Waals surface area contributed by atoms with E-state index < -0.39 is 6.10 Å². The van der Waals surface area contributed by atoms with Crippen molar-refractivity contribution in [1.82, 2.24) is 24.6 Å². The molecule has 1 aliphatic carbocycles. The molecular formula is C22H25N5O2. The van der Waals surface area contributed by atoms with Crippen molar-refractivity contribution < 1.29 is 9.90 Å². The average Bonchev–Trinajstić information content (AvgIpc) is 3.48. The van der Waals surface area contributed by atoms with Crippen molar-refractivity contribution in [3.63, 3.8) is 0 Å². The normalized spacial score (nSPS) is 23.3. The van der Waals surface area contributed by atoms with E-state index >= 15 is 0 Å². The Labute approximate surface area is 169 Å². The fraction of sp³-hybridized carbons (Fsp3) is 0.409. The highest BCUT2D eigenvalue weighted by Crippen LogP contribution is 2.29. The summed E-state index contributed by atoms with van der Waals surface area (Å²) in [5, 5.41) is 17.9. The predicted molar refractivity (Wildman–Crippen MR) is 108 cm³/mol. The van der Waals surface area contributed by atoms with Crippen molar-refractivity contribution in [2.75, 3.05) is 0 Å². The first-order valence-corrected chi connectivity index (χ1v) is 10.3. The number of aryl methyl sites for hydroxylation is 2. The molecule has 7 nitrogen and oxygen atoms in total. The third kappa shape index (κ3) is 3.58. The molecule has 0 saturated heterocycles. The summed E-state index contributed by atoms with van der Waals surface area (Å²) < 4.78 is 4.05. The van der Waals surface area contributed by atoms with Crippen LogP contribution in [-0.2, 0) is 19.5 Å². The molecule has 2 aliphatic rings. The number of hydrogen-bond acceptors (Lipinski definition) is 4. The molecule has 7 heteroatoms. The predicted octanol–water partition coefficient (Wildman–Crippen LogP) is 2.26. The molecule has 2 N–H and O–H groups in total. The number of benzene rings is 1. The Balaban J connectivity index is 1.23. The first-order valence-electron chi connectivity index (χ1n) is 10.3. The molecule has 3 heterocycles. The lowest BCUT2D eigenvalue weighted by molar-refractivity contribution is 0.0867. The first-order chi connectivity index (χ1) is 14.2.